The van der Waals surface area contributed by atoms with Gasteiger partial charge in [-0.15, -0.1) is 0 Å². The highest BCUT2D eigenvalue weighted by Crippen LogP contribution is 2.28. The second-order valence-electron chi connectivity index (χ2n) is 3.91. The molecule has 0 amide bonds. The fourth-order valence-electron chi connectivity index (χ4n) is 1.83. The molecule has 0 radical (unpaired) electrons. The molecule has 1 aromatic rings. The van der Waals surface area contributed by atoms with Crippen molar-refractivity contribution >= 4 is 17.2 Å². The van der Waals surface area contributed by atoms with Gasteiger partial charge in [0.25, 0.3) is 0 Å². The maximum Gasteiger partial charge on any atom is 0.0531 e. The first-order chi connectivity index (χ1) is 7.09. The summed E-state index contributed by atoms with van der Waals surface area (Å²) in [5.41, 5.74) is 2.57. The molecule has 1 aromatic carbocycles. The van der Waals surface area contributed by atoms with Gasteiger partial charge in [0.2, 0.25) is 0 Å². The summed E-state index contributed by atoms with van der Waals surface area (Å²) >= 11 is 5.87. The van der Waals surface area contributed by atoms with Gasteiger partial charge >= 0.3 is 0 Å². The topological polar surface area (TPSA) is 6.48 Å². The third-order valence-electron chi connectivity index (χ3n) is 3.01. The highest BCUT2D eigenvalue weighted by Gasteiger charge is 2.24. The number of likely N-dealkylation sites (N-methyl/N-ethyl adjacent to an activating group) is 1. The molecule has 1 atom stereocenters. The molecule has 1 aliphatic heterocycles. The molecule has 1 unspecified atom stereocenters. The number of halogens is 1. The summed E-state index contributed by atoms with van der Waals surface area (Å²) < 4.78 is 0. The van der Waals surface area contributed by atoms with E-state index in [1.165, 1.54) is 11.1 Å². The molecule has 1 heterocycles. The van der Waals surface area contributed by atoms with Crippen molar-refractivity contribution in [1.29, 1.82) is 0 Å². The normalized spacial score (nSPS) is 22.0. The van der Waals surface area contributed by atoms with Crippen LogP contribution in [0.4, 0.5) is 0 Å². The molecule has 0 saturated heterocycles. The van der Waals surface area contributed by atoms with E-state index in [0.717, 1.165) is 5.02 Å². The molecule has 0 fully saturated rings. The lowest BCUT2D eigenvalue weighted by Gasteiger charge is -2.24. The number of hydrogen-bond acceptors (Lipinski definition) is 2. The van der Waals surface area contributed by atoms with E-state index in [2.05, 4.69) is 49.4 Å². The van der Waals surface area contributed by atoms with Crippen LogP contribution in [0.25, 0.3) is 5.57 Å². The van der Waals surface area contributed by atoms with Crippen LogP contribution in [0.1, 0.15) is 12.5 Å². The van der Waals surface area contributed by atoms with Gasteiger partial charge in [-0.2, -0.15) is 0 Å². The van der Waals surface area contributed by atoms with Crippen LogP contribution in [-0.4, -0.2) is 30.2 Å². The lowest BCUT2D eigenvalue weighted by atomic mass is 10.0. The van der Waals surface area contributed by atoms with E-state index in [0.29, 0.717) is 6.04 Å². The molecule has 0 bridgehead atoms. The van der Waals surface area contributed by atoms with Crippen molar-refractivity contribution < 1.29 is 0 Å². The Morgan fingerprint density at radius 1 is 1.13 bits per heavy atom. The molecule has 0 saturated carbocycles. The lowest BCUT2D eigenvalue weighted by Crippen LogP contribution is -2.33. The summed E-state index contributed by atoms with van der Waals surface area (Å²) in [6.07, 6.45) is 2.16. The van der Waals surface area contributed by atoms with Crippen molar-refractivity contribution in [2.45, 2.75) is 13.0 Å². The molecule has 0 N–H and O–H groups in total. The van der Waals surface area contributed by atoms with Crippen LogP contribution >= 0.6 is 11.6 Å². The quantitative estimate of drug-likeness (QED) is 0.721. The van der Waals surface area contributed by atoms with Gasteiger partial charge in [-0.3, -0.25) is 0 Å². The summed E-state index contributed by atoms with van der Waals surface area (Å²) in [4.78, 5) is 0. The van der Waals surface area contributed by atoms with E-state index in [1.54, 1.807) is 0 Å². The SMILES string of the molecule is CC1C(c2ccc(Cl)cc2)=CN(C)N1C. The first-order valence-corrected chi connectivity index (χ1v) is 5.40. The minimum Gasteiger partial charge on any atom is -0.315 e. The van der Waals surface area contributed by atoms with E-state index in [1.807, 2.05) is 12.1 Å². The zero-order chi connectivity index (χ0) is 11.0. The number of hydrogen-bond donors (Lipinski definition) is 0. The first-order valence-electron chi connectivity index (χ1n) is 5.03. The Morgan fingerprint density at radius 2 is 1.73 bits per heavy atom. The predicted molar refractivity (Wildman–Crippen MR) is 64.4 cm³/mol. The fraction of sp³-hybridized carbons (Fsp3) is 0.333. The van der Waals surface area contributed by atoms with Crippen molar-refractivity contribution in [2.75, 3.05) is 14.1 Å². The van der Waals surface area contributed by atoms with Crippen molar-refractivity contribution in [2.24, 2.45) is 0 Å². The predicted octanol–water partition coefficient (Wildman–Crippen LogP) is 2.86. The van der Waals surface area contributed by atoms with E-state index < -0.39 is 0 Å². The Bertz CT molecular complexity index is 383. The second kappa shape index (κ2) is 3.87. The van der Waals surface area contributed by atoms with Gasteiger partial charge in [0.1, 0.15) is 0 Å². The highest BCUT2D eigenvalue weighted by atomic mass is 35.5. The van der Waals surface area contributed by atoms with Crippen molar-refractivity contribution in [3.63, 3.8) is 0 Å². The maximum absolute atomic E-state index is 5.87. The van der Waals surface area contributed by atoms with Crippen LogP contribution in [0.5, 0.6) is 0 Å². The molecule has 2 rings (SSSR count). The third kappa shape index (κ3) is 1.87. The zero-order valence-corrected chi connectivity index (χ0v) is 9.99. The van der Waals surface area contributed by atoms with E-state index in [9.17, 15) is 0 Å². The maximum atomic E-state index is 5.87. The number of benzene rings is 1. The second-order valence-corrected chi connectivity index (χ2v) is 4.35. The molecule has 3 heteroatoms. The largest absolute Gasteiger partial charge is 0.315 e. The first kappa shape index (κ1) is 10.5. The van der Waals surface area contributed by atoms with Gasteiger partial charge in [0.05, 0.1) is 6.04 Å². The van der Waals surface area contributed by atoms with Crippen LogP contribution in [-0.2, 0) is 0 Å². The molecular weight excluding hydrogens is 208 g/mol. The number of hydrazine groups is 1. The molecule has 1 aliphatic rings. The number of rotatable bonds is 1. The lowest BCUT2D eigenvalue weighted by molar-refractivity contribution is 0.0823. The molecule has 0 aromatic heterocycles. The average Bonchev–Trinajstić information content (AvgIpc) is 2.47. The van der Waals surface area contributed by atoms with Gasteiger partial charge in [0.15, 0.2) is 0 Å². The van der Waals surface area contributed by atoms with Gasteiger partial charge in [-0.25, -0.2) is 5.01 Å². The summed E-state index contributed by atoms with van der Waals surface area (Å²) in [7, 11) is 4.14. The van der Waals surface area contributed by atoms with Gasteiger partial charge in [-0.05, 0) is 30.2 Å². The van der Waals surface area contributed by atoms with Crippen molar-refractivity contribution in [3.8, 4) is 0 Å². The van der Waals surface area contributed by atoms with Crippen molar-refractivity contribution in [1.82, 2.24) is 10.0 Å². The Morgan fingerprint density at radius 3 is 2.20 bits per heavy atom. The third-order valence-corrected chi connectivity index (χ3v) is 3.26. The smallest absolute Gasteiger partial charge is 0.0531 e. The minimum absolute atomic E-state index is 0.413. The molecule has 0 aliphatic carbocycles. The van der Waals surface area contributed by atoms with Crippen LogP contribution < -0.4 is 0 Å². The van der Waals surface area contributed by atoms with Crippen LogP contribution in [0.15, 0.2) is 30.5 Å². The Labute approximate surface area is 95.7 Å². The summed E-state index contributed by atoms with van der Waals surface area (Å²) in [5, 5.41) is 5.09. The van der Waals surface area contributed by atoms with E-state index >= 15 is 0 Å². The van der Waals surface area contributed by atoms with Crippen LogP contribution in [0.2, 0.25) is 5.02 Å². The summed E-state index contributed by atoms with van der Waals surface area (Å²) in [6.45, 7) is 2.20. The molecule has 80 valence electrons. The molecular formula is C12H15ClN2. The summed E-state index contributed by atoms with van der Waals surface area (Å²) in [5.74, 6) is 0. The van der Waals surface area contributed by atoms with E-state index in [4.69, 9.17) is 11.6 Å². The molecule has 0 spiro atoms. The Hall–Kier alpha value is -0.990. The molecule has 15 heavy (non-hydrogen) atoms. The minimum atomic E-state index is 0.413. The van der Waals surface area contributed by atoms with Crippen LogP contribution in [0, 0.1) is 0 Å². The Balaban J connectivity index is 2.32. The van der Waals surface area contributed by atoms with Gasteiger partial charge < -0.3 is 5.01 Å². The Kier molecular flexibility index (Phi) is 2.72. The van der Waals surface area contributed by atoms with Gasteiger partial charge in [0, 0.05) is 25.3 Å². The van der Waals surface area contributed by atoms with Gasteiger partial charge in [-0.1, -0.05) is 23.7 Å². The molecule has 2 nitrogen and oxygen atoms in total. The van der Waals surface area contributed by atoms with Crippen molar-refractivity contribution in [3.05, 3.63) is 41.1 Å². The average molecular weight is 223 g/mol. The fourth-order valence-corrected chi connectivity index (χ4v) is 1.96. The monoisotopic (exact) mass is 222 g/mol. The van der Waals surface area contributed by atoms with E-state index in [-0.39, 0.29) is 0 Å². The highest BCUT2D eigenvalue weighted by molar-refractivity contribution is 6.30. The standard InChI is InChI=1S/C12H15ClN2/c1-9-12(8-14(2)15(9)3)10-4-6-11(13)7-5-10/h4-9H,1-3H3. The zero-order valence-electron chi connectivity index (χ0n) is 9.24. The van der Waals surface area contributed by atoms with Crippen LogP contribution in [0.3, 0.4) is 0 Å². The summed E-state index contributed by atoms with van der Waals surface area (Å²) in [6, 6.07) is 8.41. The number of nitrogens with zero attached hydrogens (tertiary/aromatic N) is 2.